The first-order valence-corrected chi connectivity index (χ1v) is 12.2. The predicted molar refractivity (Wildman–Crippen MR) is 135 cm³/mol. The second-order valence-electron chi connectivity index (χ2n) is 8.06. The Kier molecular flexibility index (Phi) is 7.27. The monoisotopic (exact) mass is 474 g/mol. The highest BCUT2D eigenvalue weighted by Gasteiger charge is 2.16. The topological polar surface area (TPSA) is 86.0 Å². The van der Waals surface area contributed by atoms with E-state index in [1.807, 2.05) is 61.7 Å². The first kappa shape index (κ1) is 23.5. The van der Waals surface area contributed by atoms with Crippen molar-refractivity contribution < 1.29 is 4.79 Å². The molecule has 4 rings (SSSR count). The van der Waals surface area contributed by atoms with Gasteiger partial charge >= 0.3 is 11.1 Å². The van der Waals surface area contributed by atoms with Gasteiger partial charge in [-0.05, 0) is 55.0 Å². The van der Waals surface area contributed by atoms with Crippen molar-refractivity contribution in [3.63, 3.8) is 0 Å². The fourth-order valence-electron chi connectivity index (χ4n) is 3.76. The third kappa shape index (κ3) is 5.28. The van der Waals surface area contributed by atoms with Crippen LogP contribution in [0.1, 0.15) is 16.7 Å². The number of aromatic nitrogens is 3. The Balaban J connectivity index is 1.53. The van der Waals surface area contributed by atoms with Gasteiger partial charge in [0.15, 0.2) is 5.65 Å². The highest BCUT2D eigenvalue weighted by molar-refractivity contribution is 7.98. The number of thioether (sulfide) groups is 1. The summed E-state index contributed by atoms with van der Waals surface area (Å²) in [4.78, 5) is 44.1. The molecule has 0 aliphatic rings. The van der Waals surface area contributed by atoms with Crippen LogP contribution in [0.4, 0.5) is 0 Å². The van der Waals surface area contributed by atoms with E-state index in [0.717, 1.165) is 16.7 Å². The molecular formula is C26H26N4O3S. The van der Waals surface area contributed by atoms with E-state index >= 15 is 0 Å². The molecule has 174 valence electrons. The van der Waals surface area contributed by atoms with Crippen molar-refractivity contribution in [3.8, 4) is 0 Å². The molecule has 2 aromatic carbocycles. The van der Waals surface area contributed by atoms with Crippen LogP contribution in [0.3, 0.4) is 0 Å². The van der Waals surface area contributed by atoms with Crippen molar-refractivity contribution >= 4 is 28.8 Å². The predicted octanol–water partition coefficient (Wildman–Crippen LogP) is 3.00. The summed E-state index contributed by atoms with van der Waals surface area (Å²) in [5, 5.41) is 2.85. The maximum Gasteiger partial charge on any atom is 0.318 e. The molecule has 2 heterocycles. The molecule has 0 fully saturated rings. The Morgan fingerprint density at radius 1 is 0.941 bits per heavy atom. The summed E-state index contributed by atoms with van der Waals surface area (Å²) in [5.74, 6) is -0.330. The SMILES string of the molecule is CSc1ccc(CCNC(=O)Cn2c(=O)c(=O)n(Cc3ccc(C)cc3)c3ncccc32)cc1. The van der Waals surface area contributed by atoms with E-state index in [1.54, 1.807) is 30.1 Å². The molecule has 4 aromatic rings. The molecule has 8 heteroatoms. The summed E-state index contributed by atoms with van der Waals surface area (Å²) in [5.41, 5.74) is 2.49. The zero-order valence-electron chi connectivity index (χ0n) is 19.2. The molecule has 0 spiro atoms. The summed E-state index contributed by atoms with van der Waals surface area (Å²) in [6.45, 7) is 2.41. The molecule has 0 aliphatic carbocycles. The van der Waals surface area contributed by atoms with Crippen molar-refractivity contribution in [2.45, 2.75) is 31.3 Å². The number of nitrogens with zero attached hydrogens (tertiary/aromatic N) is 3. The third-order valence-electron chi connectivity index (χ3n) is 5.64. The Morgan fingerprint density at radius 2 is 1.62 bits per heavy atom. The van der Waals surface area contributed by atoms with Gasteiger partial charge < -0.3 is 5.32 Å². The lowest BCUT2D eigenvalue weighted by Crippen LogP contribution is -2.44. The van der Waals surface area contributed by atoms with E-state index in [1.165, 1.54) is 14.0 Å². The fraction of sp³-hybridized carbons (Fsp3) is 0.231. The van der Waals surface area contributed by atoms with Crippen molar-refractivity contribution in [1.29, 1.82) is 0 Å². The molecule has 0 radical (unpaired) electrons. The second-order valence-corrected chi connectivity index (χ2v) is 8.94. The number of fused-ring (bicyclic) bond motifs is 1. The van der Waals surface area contributed by atoms with Gasteiger partial charge in [0, 0.05) is 17.6 Å². The summed E-state index contributed by atoms with van der Waals surface area (Å²) in [7, 11) is 0. The molecule has 1 N–H and O–H groups in total. The Morgan fingerprint density at radius 3 is 2.32 bits per heavy atom. The lowest BCUT2D eigenvalue weighted by Gasteiger charge is -2.14. The maximum absolute atomic E-state index is 13.0. The molecule has 0 unspecified atom stereocenters. The minimum absolute atomic E-state index is 0.226. The normalized spacial score (nSPS) is 11.0. The largest absolute Gasteiger partial charge is 0.354 e. The molecule has 2 aromatic heterocycles. The van der Waals surface area contributed by atoms with Crippen LogP contribution in [-0.4, -0.2) is 32.8 Å². The van der Waals surface area contributed by atoms with Crippen LogP contribution >= 0.6 is 11.8 Å². The van der Waals surface area contributed by atoms with E-state index in [4.69, 9.17) is 0 Å². The zero-order chi connectivity index (χ0) is 24.1. The minimum Gasteiger partial charge on any atom is -0.354 e. The van der Waals surface area contributed by atoms with Crippen molar-refractivity contribution in [1.82, 2.24) is 19.4 Å². The lowest BCUT2D eigenvalue weighted by atomic mass is 10.1. The maximum atomic E-state index is 13.0. The lowest BCUT2D eigenvalue weighted by molar-refractivity contribution is -0.121. The molecule has 0 saturated heterocycles. The number of rotatable bonds is 8. The average molecular weight is 475 g/mol. The fourth-order valence-corrected chi connectivity index (χ4v) is 4.17. The first-order chi connectivity index (χ1) is 16.5. The quantitative estimate of drug-likeness (QED) is 0.313. The number of amides is 1. The molecule has 0 bridgehead atoms. The molecule has 0 saturated carbocycles. The summed E-state index contributed by atoms with van der Waals surface area (Å²) < 4.78 is 2.58. The van der Waals surface area contributed by atoms with Crippen LogP contribution in [0.2, 0.25) is 0 Å². The van der Waals surface area contributed by atoms with Crippen molar-refractivity contribution in [2.75, 3.05) is 12.8 Å². The molecular weight excluding hydrogens is 448 g/mol. The number of hydrogen-bond acceptors (Lipinski definition) is 5. The Bertz CT molecular complexity index is 1420. The van der Waals surface area contributed by atoms with Crippen LogP contribution in [0.25, 0.3) is 11.2 Å². The molecule has 1 amide bonds. The van der Waals surface area contributed by atoms with E-state index < -0.39 is 11.1 Å². The molecule has 0 atom stereocenters. The number of nitrogens with one attached hydrogen (secondary N) is 1. The van der Waals surface area contributed by atoms with Crippen LogP contribution in [0.15, 0.2) is 81.3 Å². The number of benzene rings is 2. The van der Waals surface area contributed by atoms with Gasteiger partial charge in [0.05, 0.1) is 12.1 Å². The van der Waals surface area contributed by atoms with Gasteiger partial charge in [0.2, 0.25) is 5.91 Å². The second kappa shape index (κ2) is 10.5. The zero-order valence-corrected chi connectivity index (χ0v) is 20.0. The van der Waals surface area contributed by atoms with Crippen molar-refractivity contribution in [2.24, 2.45) is 0 Å². The van der Waals surface area contributed by atoms with E-state index in [2.05, 4.69) is 10.3 Å². The Hall–Kier alpha value is -3.65. The highest BCUT2D eigenvalue weighted by atomic mass is 32.2. The van der Waals surface area contributed by atoms with Gasteiger partial charge in [-0.1, -0.05) is 42.0 Å². The number of carbonyl (C=O) groups excluding carboxylic acids is 1. The van der Waals surface area contributed by atoms with E-state index in [-0.39, 0.29) is 19.0 Å². The number of carbonyl (C=O) groups is 1. The van der Waals surface area contributed by atoms with Crippen LogP contribution < -0.4 is 16.4 Å². The first-order valence-electron chi connectivity index (χ1n) is 11.0. The van der Waals surface area contributed by atoms with Gasteiger partial charge in [-0.2, -0.15) is 0 Å². The summed E-state index contributed by atoms with van der Waals surface area (Å²) in [6.07, 6.45) is 4.28. The standard InChI is InChI=1S/C26H26N4O3S/c1-18-5-7-20(8-6-18)16-30-24-22(4-3-14-28-24)29(25(32)26(30)33)17-23(31)27-15-13-19-9-11-21(34-2)12-10-19/h3-12,14H,13,15-17H2,1-2H3,(H,27,31). The van der Waals surface area contributed by atoms with Crippen LogP contribution in [0.5, 0.6) is 0 Å². The van der Waals surface area contributed by atoms with Gasteiger partial charge in [-0.3, -0.25) is 23.5 Å². The Labute approximate surface area is 201 Å². The van der Waals surface area contributed by atoms with Gasteiger partial charge in [0.25, 0.3) is 0 Å². The highest BCUT2D eigenvalue weighted by Crippen LogP contribution is 2.15. The van der Waals surface area contributed by atoms with E-state index in [9.17, 15) is 14.4 Å². The summed E-state index contributed by atoms with van der Waals surface area (Å²) >= 11 is 1.68. The van der Waals surface area contributed by atoms with Gasteiger partial charge in [-0.15, -0.1) is 11.8 Å². The minimum atomic E-state index is -0.740. The van der Waals surface area contributed by atoms with Gasteiger partial charge in [-0.25, -0.2) is 4.98 Å². The van der Waals surface area contributed by atoms with Crippen molar-refractivity contribution in [3.05, 3.63) is 104 Å². The molecule has 34 heavy (non-hydrogen) atoms. The van der Waals surface area contributed by atoms with Crippen LogP contribution in [0, 0.1) is 6.92 Å². The van der Waals surface area contributed by atoms with Gasteiger partial charge in [0.1, 0.15) is 6.54 Å². The average Bonchev–Trinajstić information content (AvgIpc) is 2.86. The van der Waals surface area contributed by atoms with E-state index in [0.29, 0.717) is 24.1 Å². The number of pyridine rings is 1. The summed E-state index contributed by atoms with van der Waals surface area (Å²) in [6, 6.07) is 19.3. The molecule has 0 aliphatic heterocycles. The molecule has 7 nitrogen and oxygen atoms in total. The number of hydrogen-bond donors (Lipinski definition) is 1. The smallest absolute Gasteiger partial charge is 0.318 e. The third-order valence-corrected chi connectivity index (χ3v) is 6.39. The number of aryl methyl sites for hydroxylation is 1. The van der Waals surface area contributed by atoms with Crippen LogP contribution in [-0.2, 0) is 24.3 Å².